The molecule has 0 N–H and O–H groups in total. The van der Waals surface area contributed by atoms with Crippen LogP contribution in [0.25, 0.3) is 0 Å². The lowest BCUT2D eigenvalue weighted by Crippen LogP contribution is -2.21. The Balaban J connectivity index is 1.44. The van der Waals surface area contributed by atoms with Crippen molar-refractivity contribution in [3.8, 4) is 0 Å². The van der Waals surface area contributed by atoms with Crippen LogP contribution in [0.3, 0.4) is 0 Å². The zero-order chi connectivity index (χ0) is 20.4. The number of fused-ring (bicyclic) bond motifs is 2. The van der Waals surface area contributed by atoms with E-state index in [9.17, 15) is 14.0 Å². The molecule has 3 aromatic carbocycles. The molecule has 0 atom stereocenters. The number of carbonyl (C=O) groups is 2. The van der Waals surface area contributed by atoms with E-state index in [1.165, 1.54) is 18.2 Å². The Morgan fingerprint density at radius 2 is 1.59 bits per heavy atom. The van der Waals surface area contributed by atoms with Crippen LogP contribution in [0.2, 0.25) is 5.02 Å². The second kappa shape index (κ2) is 7.97. The number of hydrogen-bond acceptors (Lipinski definition) is 4. The maximum atomic E-state index is 13.0. The van der Waals surface area contributed by atoms with Gasteiger partial charge in [-0.2, -0.15) is 0 Å². The minimum Gasteiger partial charge on any atom is -0.391 e. The molecule has 0 bridgehead atoms. The van der Waals surface area contributed by atoms with Crippen molar-refractivity contribution in [3.05, 3.63) is 105 Å². The Kier molecular flexibility index (Phi) is 5.23. The number of halogens is 2. The van der Waals surface area contributed by atoms with Crippen LogP contribution in [0.15, 0.2) is 65.8 Å². The third-order valence-corrected chi connectivity index (χ3v) is 5.05. The van der Waals surface area contributed by atoms with Gasteiger partial charge in [-0.3, -0.25) is 9.59 Å². The molecule has 0 unspecified atom stereocenters. The molecule has 0 radical (unpaired) electrons. The van der Waals surface area contributed by atoms with Crippen LogP contribution in [-0.2, 0) is 17.9 Å². The maximum Gasteiger partial charge on any atom is 0.194 e. The summed E-state index contributed by atoms with van der Waals surface area (Å²) in [6, 6.07) is 16.1. The first-order chi connectivity index (χ1) is 14.0. The smallest absolute Gasteiger partial charge is 0.194 e. The number of nitrogens with zero attached hydrogens (tertiary/aromatic N) is 1. The molecular weight excluding hydrogens is 393 g/mol. The van der Waals surface area contributed by atoms with Crippen molar-refractivity contribution in [2.24, 2.45) is 5.16 Å². The highest BCUT2D eigenvalue weighted by molar-refractivity contribution is 6.31. The van der Waals surface area contributed by atoms with E-state index in [4.69, 9.17) is 16.4 Å². The van der Waals surface area contributed by atoms with Gasteiger partial charge in [0.05, 0.1) is 5.02 Å². The van der Waals surface area contributed by atoms with Gasteiger partial charge >= 0.3 is 0 Å². The van der Waals surface area contributed by atoms with Crippen LogP contribution in [0, 0.1) is 5.82 Å². The van der Waals surface area contributed by atoms with E-state index in [1.807, 2.05) is 0 Å². The topological polar surface area (TPSA) is 55.7 Å². The molecule has 144 valence electrons. The summed E-state index contributed by atoms with van der Waals surface area (Å²) in [6.07, 6.45) is 1.98. The first-order valence-corrected chi connectivity index (χ1v) is 9.31. The van der Waals surface area contributed by atoms with Gasteiger partial charge in [0, 0.05) is 40.5 Å². The number of carbonyl (C=O) groups excluding carboxylic acids is 2. The van der Waals surface area contributed by atoms with Gasteiger partial charge in [-0.25, -0.2) is 4.39 Å². The van der Waals surface area contributed by atoms with Crippen LogP contribution in [-0.4, -0.2) is 17.8 Å². The zero-order valence-electron chi connectivity index (χ0n) is 15.2. The van der Waals surface area contributed by atoms with Crippen molar-refractivity contribution in [1.29, 1.82) is 0 Å². The van der Waals surface area contributed by atoms with E-state index in [1.54, 1.807) is 48.7 Å². The summed E-state index contributed by atoms with van der Waals surface area (Å²) in [5.41, 5.74) is 3.14. The normalized spacial score (nSPS) is 12.8. The van der Waals surface area contributed by atoms with Crippen molar-refractivity contribution >= 4 is 29.4 Å². The summed E-state index contributed by atoms with van der Waals surface area (Å²) in [4.78, 5) is 30.6. The van der Waals surface area contributed by atoms with Crippen LogP contribution in [0.5, 0.6) is 0 Å². The molecule has 1 aliphatic rings. The number of hydrogen-bond donors (Lipinski definition) is 0. The van der Waals surface area contributed by atoms with Crippen molar-refractivity contribution < 1.29 is 18.8 Å². The molecule has 29 heavy (non-hydrogen) atoms. The van der Waals surface area contributed by atoms with Crippen molar-refractivity contribution in [1.82, 2.24) is 0 Å². The highest BCUT2D eigenvalue weighted by Crippen LogP contribution is 2.28. The van der Waals surface area contributed by atoms with E-state index in [-0.39, 0.29) is 23.2 Å². The first-order valence-electron chi connectivity index (χ1n) is 8.93. The molecule has 0 fully saturated rings. The van der Waals surface area contributed by atoms with E-state index >= 15 is 0 Å². The third-order valence-electron chi connectivity index (χ3n) is 4.70. The molecule has 4 rings (SSSR count). The second-order valence-corrected chi connectivity index (χ2v) is 6.99. The molecule has 0 saturated heterocycles. The molecule has 1 aliphatic carbocycles. The Morgan fingerprint density at radius 1 is 0.897 bits per heavy atom. The Morgan fingerprint density at radius 3 is 2.31 bits per heavy atom. The van der Waals surface area contributed by atoms with E-state index in [0.29, 0.717) is 34.2 Å². The molecule has 0 aromatic heterocycles. The standard InChI is InChI=1S/C23H15ClFNO3/c24-21-12-16(25)7-6-15(21)13-29-26-10-9-14-5-8-19-20(11-14)23(28)18-4-2-1-3-17(18)22(19)27/h1-8,10-12H,9,13H2/b26-10+. The molecule has 0 saturated carbocycles. The minimum absolute atomic E-state index is 0.115. The van der Waals surface area contributed by atoms with Crippen LogP contribution < -0.4 is 0 Å². The highest BCUT2D eigenvalue weighted by Gasteiger charge is 2.29. The predicted octanol–water partition coefficient (Wildman–Crippen LogP) is 5.00. The quantitative estimate of drug-likeness (QED) is 0.345. The molecule has 0 amide bonds. The van der Waals surface area contributed by atoms with Crippen molar-refractivity contribution in [2.45, 2.75) is 13.0 Å². The van der Waals surface area contributed by atoms with Gasteiger partial charge in [0.1, 0.15) is 12.4 Å². The Labute approximate surface area is 171 Å². The monoisotopic (exact) mass is 407 g/mol. The number of benzene rings is 3. The lowest BCUT2D eigenvalue weighted by Gasteiger charge is -2.17. The van der Waals surface area contributed by atoms with Gasteiger partial charge in [-0.15, -0.1) is 0 Å². The lowest BCUT2D eigenvalue weighted by atomic mass is 9.83. The molecule has 3 aromatic rings. The van der Waals surface area contributed by atoms with Gasteiger partial charge in [0.15, 0.2) is 11.6 Å². The summed E-state index contributed by atoms with van der Waals surface area (Å²) in [5, 5.41) is 4.15. The first kappa shape index (κ1) is 19.0. The maximum absolute atomic E-state index is 13.0. The van der Waals surface area contributed by atoms with Crippen LogP contribution in [0.4, 0.5) is 4.39 Å². The Bertz CT molecular complexity index is 1160. The van der Waals surface area contributed by atoms with Gasteiger partial charge in [-0.1, -0.05) is 59.2 Å². The fourth-order valence-electron chi connectivity index (χ4n) is 3.21. The number of ketones is 2. The summed E-state index contributed by atoms with van der Waals surface area (Å²) in [5.74, 6) is -0.712. The van der Waals surface area contributed by atoms with Crippen LogP contribution in [0.1, 0.15) is 43.0 Å². The highest BCUT2D eigenvalue weighted by atomic mass is 35.5. The van der Waals surface area contributed by atoms with Crippen LogP contribution >= 0.6 is 11.6 Å². The predicted molar refractivity (Wildman–Crippen MR) is 108 cm³/mol. The van der Waals surface area contributed by atoms with Crippen molar-refractivity contribution in [3.63, 3.8) is 0 Å². The molecule has 4 nitrogen and oxygen atoms in total. The molecular formula is C23H15ClFNO3. The average molecular weight is 408 g/mol. The summed E-state index contributed by atoms with van der Waals surface area (Å²) < 4.78 is 13.0. The fourth-order valence-corrected chi connectivity index (χ4v) is 3.44. The molecule has 6 heteroatoms. The average Bonchev–Trinajstić information content (AvgIpc) is 2.73. The zero-order valence-corrected chi connectivity index (χ0v) is 15.9. The SMILES string of the molecule is O=C1c2ccccc2C(=O)c2cc(C/C=N/OCc3ccc(F)cc3Cl)ccc21. The molecule has 0 aliphatic heterocycles. The minimum atomic E-state index is -0.412. The largest absolute Gasteiger partial charge is 0.391 e. The third kappa shape index (κ3) is 3.82. The van der Waals surface area contributed by atoms with E-state index in [0.717, 1.165) is 5.56 Å². The van der Waals surface area contributed by atoms with E-state index in [2.05, 4.69) is 5.16 Å². The Hall–Kier alpha value is -3.31. The summed E-state index contributed by atoms with van der Waals surface area (Å²) in [7, 11) is 0. The number of oxime groups is 1. The summed E-state index contributed by atoms with van der Waals surface area (Å²) >= 11 is 5.94. The van der Waals surface area contributed by atoms with Gasteiger partial charge in [0.25, 0.3) is 0 Å². The molecule has 0 heterocycles. The fraction of sp³-hybridized carbons (Fsp3) is 0.0870. The van der Waals surface area contributed by atoms with Gasteiger partial charge in [-0.05, 0) is 23.8 Å². The second-order valence-electron chi connectivity index (χ2n) is 6.59. The lowest BCUT2D eigenvalue weighted by molar-refractivity contribution is 0.0979. The number of rotatable bonds is 5. The van der Waals surface area contributed by atoms with Crippen molar-refractivity contribution in [2.75, 3.05) is 0 Å². The van der Waals surface area contributed by atoms with Gasteiger partial charge < -0.3 is 4.84 Å². The van der Waals surface area contributed by atoms with Gasteiger partial charge in [0.2, 0.25) is 0 Å². The molecule has 0 spiro atoms. The van der Waals surface area contributed by atoms with E-state index < -0.39 is 5.82 Å². The summed E-state index contributed by atoms with van der Waals surface area (Å²) in [6.45, 7) is 0.115.